The molecule has 6 nitrogen and oxygen atoms in total. The van der Waals surface area contributed by atoms with Crippen LogP contribution in [0.2, 0.25) is 0 Å². The van der Waals surface area contributed by atoms with Crippen molar-refractivity contribution in [3.63, 3.8) is 0 Å². The van der Waals surface area contributed by atoms with E-state index in [0.29, 0.717) is 24.4 Å². The van der Waals surface area contributed by atoms with E-state index >= 15 is 0 Å². The van der Waals surface area contributed by atoms with Crippen LogP contribution in [-0.2, 0) is 26.2 Å². The first-order chi connectivity index (χ1) is 13.5. The van der Waals surface area contributed by atoms with E-state index in [1.807, 2.05) is 29.6 Å². The largest absolute Gasteiger partial charge is 0.461 e. The monoisotopic (exact) mass is 414 g/mol. The van der Waals surface area contributed by atoms with Crippen molar-refractivity contribution in [2.75, 3.05) is 6.54 Å². The fourth-order valence-electron chi connectivity index (χ4n) is 3.04. The number of esters is 1. The van der Waals surface area contributed by atoms with E-state index in [1.54, 1.807) is 35.6 Å². The van der Waals surface area contributed by atoms with Crippen LogP contribution in [0.1, 0.15) is 24.0 Å². The summed E-state index contributed by atoms with van der Waals surface area (Å²) in [5.41, 5.74) is 1.57. The Morgan fingerprint density at radius 2 is 1.89 bits per heavy atom. The number of nitrogens with one attached hydrogen (secondary N) is 1. The lowest BCUT2D eigenvalue weighted by molar-refractivity contribution is -0.144. The molecule has 0 atom stereocenters. The molecule has 1 aliphatic rings. The number of benzene rings is 2. The first-order valence-corrected chi connectivity index (χ1v) is 11.2. The number of carbonyl (C=O) groups is 1. The van der Waals surface area contributed by atoms with Crippen LogP contribution in [0.25, 0.3) is 10.1 Å². The molecule has 3 aromatic rings. The summed E-state index contributed by atoms with van der Waals surface area (Å²) < 4.78 is 33.0. The topological polar surface area (TPSA) is 84.8 Å². The maximum absolute atomic E-state index is 12.0. The van der Waals surface area contributed by atoms with Crippen molar-refractivity contribution in [1.82, 2.24) is 4.72 Å². The number of hydrogen-bond donors (Lipinski definition) is 1. The molecular weight excluding hydrogens is 396 g/mol. The number of thiophene rings is 1. The fraction of sp³-hybridized carbons (Fsp3) is 0.200. The highest BCUT2D eigenvalue weighted by Crippen LogP contribution is 2.26. The van der Waals surface area contributed by atoms with Crippen LogP contribution in [0.5, 0.6) is 0 Å². The lowest BCUT2D eigenvalue weighted by atomic mass is 10.2. The van der Waals surface area contributed by atoms with Crippen LogP contribution in [0.3, 0.4) is 0 Å². The summed E-state index contributed by atoms with van der Waals surface area (Å²) >= 11 is 1.63. The molecule has 28 heavy (non-hydrogen) atoms. The summed E-state index contributed by atoms with van der Waals surface area (Å²) in [5, 5.41) is 3.12. The number of hydrogen-bond acceptors (Lipinski definition) is 6. The minimum absolute atomic E-state index is 0.229. The Kier molecular flexibility index (Phi) is 5.15. The van der Waals surface area contributed by atoms with Crippen molar-refractivity contribution >= 4 is 43.3 Å². The normalized spacial score (nSPS) is 16.1. The van der Waals surface area contributed by atoms with Gasteiger partial charge in [0.05, 0.1) is 4.90 Å². The van der Waals surface area contributed by atoms with Gasteiger partial charge in [-0.1, -0.05) is 30.3 Å². The SMILES string of the molecule is O=C(CCCN=C1NS(=O)(=O)c2ccccc21)OCc1csc2ccccc12. The summed E-state index contributed by atoms with van der Waals surface area (Å²) in [4.78, 5) is 16.5. The maximum Gasteiger partial charge on any atom is 0.306 e. The average Bonchev–Trinajstić information content (AvgIpc) is 3.22. The molecule has 2 heterocycles. The molecule has 0 amide bonds. The van der Waals surface area contributed by atoms with E-state index in [9.17, 15) is 13.2 Å². The van der Waals surface area contributed by atoms with Gasteiger partial charge in [0.25, 0.3) is 10.0 Å². The second kappa shape index (κ2) is 7.73. The van der Waals surface area contributed by atoms with Crippen molar-refractivity contribution in [1.29, 1.82) is 0 Å². The highest BCUT2D eigenvalue weighted by atomic mass is 32.2. The summed E-state index contributed by atoms with van der Waals surface area (Å²) in [6, 6.07) is 14.7. The molecule has 1 aromatic heterocycles. The lowest BCUT2D eigenvalue weighted by Crippen LogP contribution is -2.22. The Balaban J connectivity index is 1.29. The average molecular weight is 415 g/mol. The zero-order valence-electron chi connectivity index (χ0n) is 14.9. The number of rotatable bonds is 6. The molecule has 4 rings (SSSR count). The van der Waals surface area contributed by atoms with Crippen molar-refractivity contribution in [3.05, 3.63) is 65.0 Å². The van der Waals surface area contributed by atoms with Crippen molar-refractivity contribution in [2.45, 2.75) is 24.3 Å². The van der Waals surface area contributed by atoms with Gasteiger partial charge in [0, 0.05) is 28.8 Å². The molecular formula is C20H18N2O4S2. The van der Waals surface area contributed by atoms with Crippen LogP contribution in [0.15, 0.2) is 63.8 Å². The van der Waals surface area contributed by atoms with Crippen molar-refractivity contribution < 1.29 is 17.9 Å². The van der Waals surface area contributed by atoms with E-state index in [-0.39, 0.29) is 23.9 Å². The molecule has 1 N–H and O–H groups in total. The van der Waals surface area contributed by atoms with Gasteiger partial charge >= 0.3 is 5.97 Å². The maximum atomic E-state index is 12.0. The predicted molar refractivity (Wildman–Crippen MR) is 109 cm³/mol. The molecule has 0 bridgehead atoms. The Morgan fingerprint density at radius 1 is 1.11 bits per heavy atom. The van der Waals surface area contributed by atoms with E-state index < -0.39 is 10.0 Å². The molecule has 144 valence electrons. The smallest absolute Gasteiger partial charge is 0.306 e. The molecule has 8 heteroatoms. The van der Waals surface area contributed by atoms with Crippen LogP contribution < -0.4 is 4.72 Å². The van der Waals surface area contributed by atoms with Crippen LogP contribution in [-0.4, -0.2) is 26.8 Å². The van der Waals surface area contributed by atoms with E-state index in [2.05, 4.69) is 9.71 Å². The van der Waals surface area contributed by atoms with Gasteiger partial charge in [-0.3, -0.25) is 14.5 Å². The van der Waals surface area contributed by atoms with Crippen molar-refractivity contribution in [3.8, 4) is 0 Å². The molecule has 0 saturated carbocycles. The number of ether oxygens (including phenoxy) is 1. The van der Waals surface area contributed by atoms with Gasteiger partial charge < -0.3 is 4.74 Å². The number of carbonyl (C=O) groups excluding carboxylic acids is 1. The summed E-state index contributed by atoms with van der Waals surface area (Å²) in [7, 11) is -3.53. The third kappa shape index (κ3) is 3.79. The van der Waals surface area contributed by atoms with E-state index in [4.69, 9.17) is 4.74 Å². The first-order valence-electron chi connectivity index (χ1n) is 8.82. The molecule has 1 aliphatic heterocycles. The molecule has 0 aliphatic carbocycles. The zero-order chi connectivity index (χ0) is 19.6. The lowest BCUT2D eigenvalue weighted by Gasteiger charge is -2.04. The Labute approximate surface area is 166 Å². The highest BCUT2D eigenvalue weighted by Gasteiger charge is 2.29. The van der Waals surface area contributed by atoms with Crippen LogP contribution >= 0.6 is 11.3 Å². The minimum atomic E-state index is -3.53. The quantitative estimate of drug-likeness (QED) is 0.494. The van der Waals surface area contributed by atoms with Gasteiger partial charge in [-0.25, -0.2) is 8.42 Å². The molecule has 0 spiro atoms. The third-order valence-electron chi connectivity index (χ3n) is 4.42. The molecule has 0 fully saturated rings. The molecule has 0 radical (unpaired) electrons. The number of amidine groups is 1. The van der Waals surface area contributed by atoms with E-state index in [0.717, 1.165) is 10.9 Å². The second-order valence-corrected chi connectivity index (χ2v) is 8.92. The highest BCUT2D eigenvalue weighted by molar-refractivity contribution is 7.90. The summed E-state index contributed by atoms with van der Waals surface area (Å²) in [6.45, 7) is 0.590. The van der Waals surface area contributed by atoms with E-state index in [1.165, 1.54) is 4.70 Å². The molecule has 0 saturated heterocycles. The van der Waals surface area contributed by atoms with Gasteiger partial charge in [0.1, 0.15) is 12.4 Å². The zero-order valence-corrected chi connectivity index (χ0v) is 16.6. The fourth-order valence-corrected chi connectivity index (χ4v) is 5.24. The molecule has 2 aromatic carbocycles. The number of aliphatic imine (C=N–C) groups is 1. The van der Waals surface area contributed by atoms with Gasteiger partial charge in [-0.15, -0.1) is 11.3 Å². The Hall–Kier alpha value is -2.71. The van der Waals surface area contributed by atoms with Crippen molar-refractivity contribution in [2.24, 2.45) is 4.99 Å². The third-order valence-corrected chi connectivity index (χ3v) is 6.83. The summed E-state index contributed by atoms with van der Waals surface area (Å²) in [6.07, 6.45) is 0.712. The predicted octanol–water partition coefficient (Wildman–Crippen LogP) is 3.46. The summed E-state index contributed by atoms with van der Waals surface area (Å²) in [5.74, 6) is 0.0385. The van der Waals surface area contributed by atoms with Gasteiger partial charge in [0.2, 0.25) is 0 Å². The van der Waals surface area contributed by atoms with Crippen LogP contribution in [0, 0.1) is 0 Å². The number of nitrogens with zero attached hydrogens (tertiary/aromatic N) is 1. The Bertz CT molecular complexity index is 1170. The second-order valence-electron chi connectivity index (χ2n) is 6.35. The molecule has 0 unspecified atom stereocenters. The van der Waals surface area contributed by atoms with Crippen LogP contribution in [0.4, 0.5) is 0 Å². The van der Waals surface area contributed by atoms with Gasteiger partial charge in [-0.05, 0) is 35.4 Å². The van der Waals surface area contributed by atoms with Gasteiger partial charge in [0.15, 0.2) is 0 Å². The number of sulfonamides is 1. The first kappa shape index (κ1) is 18.6. The minimum Gasteiger partial charge on any atom is -0.461 e. The standard InChI is InChI=1S/C20H18N2O4S2/c23-19(26-12-14-13-27-17-8-3-1-6-15(14)17)10-5-11-21-20-16-7-2-4-9-18(16)28(24,25)22-20/h1-4,6-9,13H,5,10-12H2,(H,21,22). The number of fused-ring (bicyclic) bond motifs is 2. The van der Waals surface area contributed by atoms with Gasteiger partial charge in [-0.2, -0.15) is 0 Å². The Morgan fingerprint density at radius 3 is 2.79 bits per heavy atom.